The second-order valence-corrected chi connectivity index (χ2v) is 11.0. The van der Waals surface area contributed by atoms with Gasteiger partial charge in [0.2, 0.25) is 0 Å². The molecule has 2 heterocycles. The molecule has 8 nitrogen and oxygen atoms in total. The molecular formula is C21H25Cl3CuN4O4S2. The predicted molar refractivity (Wildman–Crippen MR) is 145 cm³/mol. The molecule has 2 aromatic carbocycles. The van der Waals surface area contributed by atoms with Crippen LogP contribution in [0.5, 0.6) is 11.5 Å². The number of hydrogen-bond donors (Lipinski definition) is 1. The number of nitrogens with zero attached hydrogens (tertiary/aromatic N) is 3. The number of rotatable bonds is 6. The Hall–Kier alpha value is -1.59. The Labute approximate surface area is 231 Å². The fraction of sp³-hybridized carbons (Fsp3) is 0.333. The molecule has 35 heavy (non-hydrogen) atoms. The van der Waals surface area contributed by atoms with Crippen molar-refractivity contribution in [2.75, 3.05) is 26.6 Å². The van der Waals surface area contributed by atoms with Crippen LogP contribution in [0.2, 0.25) is 4.47 Å². The Morgan fingerprint density at radius 2 is 1.51 bits per heavy atom. The standard InChI is InChI=1S/C8H6ClNOS.C8H8N2OS.C5H11NO2.2ClH.Cu/c2*1-11-5-3-2-4-6-7(5)10-8(9)12-6;1-5(2)3-4-8-6-7;;;/h2-4H,1H3;2-4H,1H3,(H2,9,10);5H,3-4H2,1-2H3;2*1H;/q;;;;;+2/p-2. The van der Waals surface area contributed by atoms with Gasteiger partial charge in [-0.1, -0.05) is 48.9 Å². The number of nitrogens with two attached hydrogens (primary N) is 1. The average molecular weight is 631 g/mol. The summed E-state index contributed by atoms with van der Waals surface area (Å²) < 4.78 is 12.9. The Morgan fingerprint density at radius 1 is 1.00 bits per heavy atom. The van der Waals surface area contributed by atoms with Crippen LogP contribution in [0, 0.1) is 10.8 Å². The van der Waals surface area contributed by atoms with Gasteiger partial charge in [0.1, 0.15) is 29.1 Å². The summed E-state index contributed by atoms with van der Waals surface area (Å²) >= 11 is 9.45. The van der Waals surface area contributed by atoms with Crippen molar-refractivity contribution in [2.45, 2.75) is 20.3 Å². The third-order valence-corrected chi connectivity index (χ3v) is 6.01. The first-order valence-corrected chi connectivity index (χ1v) is 14.4. The van der Waals surface area contributed by atoms with E-state index in [-0.39, 0.29) is 0 Å². The summed E-state index contributed by atoms with van der Waals surface area (Å²) in [4.78, 5) is 21.8. The first-order chi connectivity index (χ1) is 16.8. The number of nitrogen functional groups attached to an aromatic ring is 1. The van der Waals surface area contributed by atoms with Gasteiger partial charge in [-0.05, 0) is 36.6 Å². The van der Waals surface area contributed by atoms with Gasteiger partial charge < -0.3 is 20.0 Å². The molecule has 197 valence electrons. The maximum atomic E-state index is 9.31. The predicted octanol–water partition coefficient (Wildman–Crippen LogP) is 7.95. The average Bonchev–Trinajstić information content (AvgIpc) is 3.40. The van der Waals surface area contributed by atoms with E-state index in [1.807, 2.05) is 36.4 Å². The molecule has 0 saturated carbocycles. The van der Waals surface area contributed by atoms with Crippen molar-refractivity contribution in [1.29, 1.82) is 0 Å². The summed E-state index contributed by atoms with van der Waals surface area (Å²) in [6, 6.07) is 11.6. The molecule has 0 aliphatic carbocycles. The number of halogens is 3. The quantitative estimate of drug-likeness (QED) is 0.0996. The van der Waals surface area contributed by atoms with E-state index in [1.165, 1.54) is 22.7 Å². The van der Waals surface area contributed by atoms with Crippen LogP contribution < -0.4 is 15.2 Å². The first-order valence-electron chi connectivity index (χ1n) is 9.85. The molecule has 2 N–H and O–H groups in total. The molecule has 0 fully saturated rings. The molecule has 0 radical (unpaired) electrons. The number of ether oxygens (including phenoxy) is 2. The van der Waals surface area contributed by atoms with Crippen molar-refractivity contribution in [2.24, 2.45) is 11.3 Å². The zero-order valence-electron chi connectivity index (χ0n) is 19.3. The van der Waals surface area contributed by atoms with Crippen molar-refractivity contribution >= 4 is 80.0 Å². The van der Waals surface area contributed by atoms with Crippen LogP contribution in [0.4, 0.5) is 5.13 Å². The molecule has 0 aliphatic heterocycles. The van der Waals surface area contributed by atoms with Gasteiger partial charge in [0.15, 0.2) is 14.9 Å². The van der Waals surface area contributed by atoms with Gasteiger partial charge in [0, 0.05) is 0 Å². The molecule has 0 unspecified atom stereocenters. The Kier molecular flexibility index (Phi) is 16.0. The van der Waals surface area contributed by atoms with E-state index in [4.69, 9.17) is 26.8 Å². The maximum absolute atomic E-state index is 9.31. The SMILES string of the molecule is CC(C)CCON=O.COc1cccc2sc(Cl)nc12.COc1cccc2sc(N)nc12.[Cl][Cu][Cl]. The van der Waals surface area contributed by atoms with E-state index >= 15 is 0 Å². The van der Waals surface area contributed by atoms with Gasteiger partial charge >= 0.3 is 33.3 Å². The third kappa shape index (κ3) is 11.3. The first kappa shape index (κ1) is 31.4. The minimum absolute atomic E-state index is 0.446. The van der Waals surface area contributed by atoms with Crippen molar-refractivity contribution in [3.05, 3.63) is 45.8 Å². The Morgan fingerprint density at radius 3 is 2.00 bits per heavy atom. The molecule has 0 saturated heterocycles. The number of methoxy groups -OCH3 is 2. The molecule has 4 rings (SSSR count). The molecule has 4 aromatic rings. The fourth-order valence-electron chi connectivity index (χ4n) is 2.49. The van der Waals surface area contributed by atoms with Crippen molar-refractivity contribution < 1.29 is 27.4 Å². The number of fused-ring (bicyclic) bond motifs is 2. The third-order valence-electron chi connectivity index (χ3n) is 4.03. The molecule has 14 heteroatoms. The fourth-order valence-corrected chi connectivity index (χ4v) is 4.29. The van der Waals surface area contributed by atoms with Gasteiger partial charge in [-0.15, -0.1) is 16.2 Å². The second kappa shape index (κ2) is 17.8. The van der Waals surface area contributed by atoms with Crippen LogP contribution >= 0.6 is 54.5 Å². The molecule has 2 aromatic heterocycles. The van der Waals surface area contributed by atoms with E-state index in [0.717, 1.165) is 51.5 Å². The molecule has 0 spiro atoms. The number of hydrogen-bond acceptors (Lipinski definition) is 10. The summed E-state index contributed by atoms with van der Waals surface area (Å²) in [5, 5.41) is 2.84. The summed E-state index contributed by atoms with van der Waals surface area (Å²) in [5.74, 6) is 2.13. The normalized spacial score (nSPS) is 9.94. The summed E-state index contributed by atoms with van der Waals surface area (Å²) in [6.45, 7) is 4.57. The van der Waals surface area contributed by atoms with Crippen LogP contribution in [0.3, 0.4) is 0 Å². The van der Waals surface area contributed by atoms with Crippen LogP contribution in [0.25, 0.3) is 20.4 Å². The van der Waals surface area contributed by atoms with Crippen molar-refractivity contribution in [1.82, 2.24) is 9.97 Å². The Balaban J connectivity index is 0.000000254. The summed E-state index contributed by atoms with van der Waals surface area (Å²) in [7, 11) is 12.6. The van der Waals surface area contributed by atoms with Crippen molar-refractivity contribution in [3.63, 3.8) is 0 Å². The van der Waals surface area contributed by atoms with Gasteiger partial charge in [-0.2, -0.15) is 0 Å². The topological polar surface area (TPSA) is 109 Å². The van der Waals surface area contributed by atoms with Gasteiger partial charge in [0.05, 0.1) is 23.6 Å². The van der Waals surface area contributed by atoms with E-state index in [1.54, 1.807) is 14.2 Å². The Bertz CT molecular complexity index is 1080. The molecular weight excluding hydrogens is 606 g/mol. The van der Waals surface area contributed by atoms with Crippen molar-refractivity contribution in [3.8, 4) is 11.5 Å². The van der Waals surface area contributed by atoms with Crippen LogP contribution in [-0.2, 0) is 18.0 Å². The molecule has 0 bridgehead atoms. The molecule has 0 aliphatic rings. The van der Waals surface area contributed by atoms with E-state index in [0.29, 0.717) is 22.1 Å². The number of anilines is 1. The number of benzene rings is 2. The summed E-state index contributed by atoms with van der Waals surface area (Å²) in [5.41, 5.74) is 7.26. The summed E-state index contributed by atoms with van der Waals surface area (Å²) in [6.07, 6.45) is 0.895. The van der Waals surface area contributed by atoms with E-state index in [9.17, 15) is 4.91 Å². The van der Waals surface area contributed by atoms with Gasteiger partial charge in [-0.25, -0.2) is 9.97 Å². The van der Waals surface area contributed by atoms with Crippen LogP contribution in [0.15, 0.2) is 41.7 Å². The van der Waals surface area contributed by atoms with Crippen LogP contribution in [-0.4, -0.2) is 30.8 Å². The molecule has 0 amide bonds. The zero-order chi connectivity index (χ0) is 26.2. The van der Waals surface area contributed by atoms with E-state index in [2.05, 4.69) is 54.2 Å². The number of thiazole rings is 2. The van der Waals surface area contributed by atoms with E-state index < -0.39 is 0 Å². The van der Waals surface area contributed by atoms with Gasteiger partial charge in [-0.3, -0.25) is 0 Å². The zero-order valence-corrected chi connectivity index (χ0v) is 24.1. The monoisotopic (exact) mass is 629 g/mol. The second-order valence-electron chi connectivity index (χ2n) is 6.77. The van der Waals surface area contributed by atoms with Gasteiger partial charge in [0.25, 0.3) is 0 Å². The minimum atomic E-state index is 0.446. The number of para-hydroxylation sites is 2. The van der Waals surface area contributed by atoms with Crippen LogP contribution in [0.1, 0.15) is 20.3 Å². The number of aromatic nitrogens is 2. The molecule has 0 atom stereocenters.